The zero-order valence-corrected chi connectivity index (χ0v) is 11.6. The van der Waals surface area contributed by atoms with Crippen LogP contribution in [-0.2, 0) is 9.84 Å². The fourth-order valence-electron chi connectivity index (χ4n) is 1.42. The molecule has 0 aliphatic heterocycles. The van der Waals surface area contributed by atoms with E-state index < -0.39 is 27.8 Å². The van der Waals surface area contributed by atoms with E-state index in [1.165, 1.54) is 25.1 Å². The van der Waals surface area contributed by atoms with Gasteiger partial charge < -0.3 is 5.32 Å². The Kier molecular flexibility index (Phi) is 5.23. The molecular formula is C11H13ClF3NO2S. The Morgan fingerprint density at radius 2 is 1.89 bits per heavy atom. The molecule has 1 aromatic carbocycles. The largest absolute Gasteiger partial charge is 0.401 e. The zero-order valence-electron chi connectivity index (χ0n) is 10.0. The van der Waals surface area contributed by atoms with E-state index in [9.17, 15) is 21.6 Å². The molecule has 0 heterocycles. The summed E-state index contributed by atoms with van der Waals surface area (Å²) in [6.45, 7) is -0.190. The number of hydrogen-bond donors (Lipinski definition) is 1. The van der Waals surface area contributed by atoms with Gasteiger partial charge in [-0.05, 0) is 19.1 Å². The van der Waals surface area contributed by atoms with Crippen molar-refractivity contribution < 1.29 is 21.6 Å². The molecule has 0 amide bonds. The summed E-state index contributed by atoms with van der Waals surface area (Å²) in [4.78, 5) is -0.0713. The van der Waals surface area contributed by atoms with Crippen molar-refractivity contribution in [1.29, 1.82) is 0 Å². The first kappa shape index (κ1) is 16.3. The molecule has 3 nitrogen and oxygen atoms in total. The molecule has 108 valence electrons. The highest BCUT2D eigenvalue weighted by atomic mass is 35.5. The van der Waals surface area contributed by atoms with Crippen molar-refractivity contribution in [2.45, 2.75) is 23.2 Å². The van der Waals surface area contributed by atoms with E-state index in [0.29, 0.717) is 0 Å². The minimum atomic E-state index is -4.37. The van der Waals surface area contributed by atoms with Crippen LogP contribution in [0.5, 0.6) is 0 Å². The summed E-state index contributed by atoms with van der Waals surface area (Å²) in [6, 6.07) is 5.84. The Bertz CT molecular complexity index is 531. The van der Waals surface area contributed by atoms with Gasteiger partial charge in [-0.2, -0.15) is 13.2 Å². The van der Waals surface area contributed by atoms with Crippen molar-refractivity contribution in [1.82, 2.24) is 5.32 Å². The monoisotopic (exact) mass is 315 g/mol. The molecule has 0 aliphatic carbocycles. The van der Waals surface area contributed by atoms with Gasteiger partial charge in [0.1, 0.15) is 0 Å². The smallest absolute Gasteiger partial charge is 0.307 e. The molecule has 1 unspecified atom stereocenters. The second-order valence-corrected chi connectivity index (χ2v) is 6.77. The molecule has 1 rings (SSSR count). The van der Waals surface area contributed by atoms with Crippen LogP contribution in [0.3, 0.4) is 0 Å². The third kappa shape index (κ3) is 4.67. The molecular weight excluding hydrogens is 303 g/mol. The van der Waals surface area contributed by atoms with E-state index in [-0.39, 0.29) is 16.5 Å². The van der Waals surface area contributed by atoms with Crippen LogP contribution in [0.4, 0.5) is 13.2 Å². The first-order valence-electron chi connectivity index (χ1n) is 5.40. The van der Waals surface area contributed by atoms with E-state index in [1.54, 1.807) is 6.07 Å². The second kappa shape index (κ2) is 6.11. The van der Waals surface area contributed by atoms with Crippen molar-refractivity contribution in [3.05, 3.63) is 29.3 Å². The molecule has 0 aromatic heterocycles. The summed E-state index contributed by atoms with van der Waals surface area (Å²) in [6.07, 6.45) is -4.37. The van der Waals surface area contributed by atoms with Crippen LogP contribution in [-0.4, -0.2) is 32.9 Å². The van der Waals surface area contributed by atoms with Gasteiger partial charge >= 0.3 is 6.18 Å². The summed E-state index contributed by atoms with van der Waals surface area (Å²) >= 11 is 5.78. The minimum Gasteiger partial charge on any atom is -0.307 e. The van der Waals surface area contributed by atoms with Crippen LogP contribution >= 0.6 is 11.6 Å². The topological polar surface area (TPSA) is 46.2 Å². The Hall–Kier alpha value is -0.790. The molecule has 1 N–H and O–H groups in total. The van der Waals surface area contributed by atoms with Gasteiger partial charge in [-0.1, -0.05) is 23.7 Å². The molecule has 1 atom stereocenters. The number of hydrogen-bond acceptors (Lipinski definition) is 3. The maximum Gasteiger partial charge on any atom is 0.401 e. The average Bonchev–Trinajstić information content (AvgIpc) is 2.27. The third-order valence-corrected chi connectivity index (χ3v) is 5.07. The number of benzene rings is 1. The SMILES string of the molecule is CC(CNCC(F)(F)F)S(=O)(=O)c1ccccc1Cl. The first-order chi connectivity index (χ1) is 8.64. The molecule has 0 saturated heterocycles. The summed E-state index contributed by atoms with van der Waals surface area (Å²) in [7, 11) is -3.75. The van der Waals surface area contributed by atoms with Gasteiger partial charge in [0.05, 0.1) is 21.7 Å². The molecule has 0 saturated carbocycles. The third-order valence-electron chi connectivity index (χ3n) is 2.43. The van der Waals surface area contributed by atoms with Crippen LogP contribution in [0.25, 0.3) is 0 Å². The molecule has 0 fully saturated rings. The normalized spacial score (nSPS) is 14.4. The van der Waals surface area contributed by atoms with Crippen molar-refractivity contribution in [2.24, 2.45) is 0 Å². The zero-order chi connectivity index (χ0) is 14.7. The van der Waals surface area contributed by atoms with Crippen LogP contribution in [0.1, 0.15) is 6.92 Å². The van der Waals surface area contributed by atoms with Gasteiger partial charge in [0.15, 0.2) is 9.84 Å². The van der Waals surface area contributed by atoms with Gasteiger partial charge in [-0.3, -0.25) is 0 Å². The van der Waals surface area contributed by atoms with E-state index in [4.69, 9.17) is 11.6 Å². The maximum atomic E-state index is 12.1. The molecule has 1 aromatic rings. The lowest BCUT2D eigenvalue weighted by atomic mass is 10.4. The second-order valence-electron chi connectivity index (χ2n) is 4.03. The molecule has 19 heavy (non-hydrogen) atoms. The van der Waals surface area contributed by atoms with Crippen LogP contribution in [0.2, 0.25) is 5.02 Å². The Morgan fingerprint density at radius 1 is 1.32 bits per heavy atom. The number of nitrogens with one attached hydrogen (secondary N) is 1. The fraction of sp³-hybridized carbons (Fsp3) is 0.455. The first-order valence-corrected chi connectivity index (χ1v) is 7.33. The molecule has 8 heteroatoms. The van der Waals surface area contributed by atoms with Gasteiger partial charge in [-0.15, -0.1) is 0 Å². The molecule has 0 aliphatic rings. The van der Waals surface area contributed by atoms with Crippen LogP contribution < -0.4 is 5.32 Å². The Balaban J connectivity index is 2.76. The number of rotatable bonds is 5. The average molecular weight is 316 g/mol. The molecule has 0 spiro atoms. The van der Waals surface area contributed by atoms with Crippen LogP contribution in [0, 0.1) is 0 Å². The van der Waals surface area contributed by atoms with Crippen molar-refractivity contribution in [2.75, 3.05) is 13.1 Å². The predicted molar refractivity (Wildman–Crippen MR) is 67.0 cm³/mol. The van der Waals surface area contributed by atoms with Gasteiger partial charge in [0.2, 0.25) is 0 Å². The number of alkyl halides is 3. The van der Waals surface area contributed by atoms with Crippen molar-refractivity contribution >= 4 is 21.4 Å². The lowest BCUT2D eigenvalue weighted by molar-refractivity contribution is -0.124. The lowest BCUT2D eigenvalue weighted by Crippen LogP contribution is -2.36. The predicted octanol–water partition coefficient (Wildman–Crippen LogP) is 2.65. The summed E-state index contributed by atoms with van der Waals surface area (Å²) in [5.41, 5.74) is 0. The van der Waals surface area contributed by atoms with Gasteiger partial charge in [0, 0.05) is 6.54 Å². The number of halogens is 4. The minimum absolute atomic E-state index is 0.0603. The highest BCUT2D eigenvalue weighted by molar-refractivity contribution is 7.92. The Morgan fingerprint density at radius 3 is 2.42 bits per heavy atom. The fourth-order valence-corrected chi connectivity index (χ4v) is 3.26. The highest BCUT2D eigenvalue weighted by Gasteiger charge is 2.29. The van der Waals surface area contributed by atoms with E-state index >= 15 is 0 Å². The maximum absolute atomic E-state index is 12.1. The molecule has 0 radical (unpaired) electrons. The Labute approximate surface area is 114 Å². The van der Waals surface area contributed by atoms with E-state index in [1.807, 2.05) is 0 Å². The van der Waals surface area contributed by atoms with Gasteiger partial charge in [-0.25, -0.2) is 8.42 Å². The standard InChI is InChI=1S/C11H13ClF3NO2S/c1-8(6-16-7-11(13,14)15)19(17,18)10-5-3-2-4-9(10)12/h2-5,8,16H,6-7H2,1H3. The highest BCUT2D eigenvalue weighted by Crippen LogP contribution is 2.24. The van der Waals surface area contributed by atoms with Crippen molar-refractivity contribution in [3.63, 3.8) is 0 Å². The van der Waals surface area contributed by atoms with Crippen molar-refractivity contribution in [3.8, 4) is 0 Å². The number of sulfone groups is 1. The molecule has 0 bridgehead atoms. The van der Waals surface area contributed by atoms with Crippen LogP contribution in [0.15, 0.2) is 29.2 Å². The lowest BCUT2D eigenvalue weighted by Gasteiger charge is -2.15. The summed E-state index contributed by atoms with van der Waals surface area (Å²) < 4.78 is 60.1. The summed E-state index contributed by atoms with van der Waals surface area (Å²) in [5, 5.41) is 1.13. The quantitative estimate of drug-likeness (QED) is 0.908. The van der Waals surface area contributed by atoms with E-state index in [0.717, 1.165) is 0 Å². The van der Waals surface area contributed by atoms with E-state index in [2.05, 4.69) is 5.32 Å². The summed E-state index contributed by atoms with van der Waals surface area (Å²) in [5.74, 6) is 0. The van der Waals surface area contributed by atoms with Gasteiger partial charge in [0.25, 0.3) is 0 Å².